The van der Waals surface area contributed by atoms with Crippen LogP contribution in [0.4, 0.5) is 10.5 Å². The third-order valence-corrected chi connectivity index (χ3v) is 2.64. The van der Waals surface area contributed by atoms with E-state index in [2.05, 4.69) is 15.3 Å². The molecule has 0 aliphatic carbocycles. The van der Waals surface area contributed by atoms with E-state index in [1.165, 1.54) is 6.33 Å². The summed E-state index contributed by atoms with van der Waals surface area (Å²) >= 11 is 5.85. The lowest BCUT2D eigenvalue weighted by Gasteiger charge is -2.19. The number of nitrogens with one attached hydrogen (secondary N) is 1. The number of benzene rings is 1. The fraction of sp³-hybridized carbons (Fsp3) is 0.267. The van der Waals surface area contributed by atoms with Crippen molar-refractivity contribution in [3.8, 4) is 11.3 Å². The Morgan fingerprint density at radius 1 is 1.24 bits per heavy atom. The second kappa shape index (κ2) is 6.10. The van der Waals surface area contributed by atoms with Crippen LogP contribution in [0.25, 0.3) is 11.3 Å². The summed E-state index contributed by atoms with van der Waals surface area (Å²) in [5.41, 5.74) is 1.59. The molecule has 21 heavy (non-hydrogen) atoms. The van der Waals surface area contributed by atoms with Gasteiger partial charge in [0.1, 0.15) is 17.1 Å². The number of aromatic nitrogens is 2. The van der Waals surface area contributed by atoms with Gasteiger partial charge < -0.3 is 4.74 Å². The minimum Gasteiger partial charge on any atom is -0.444 e. The second-order valence-corrected chi connectivity index (χ2v) is 5.82. The van der Waals surface area contributed by atoms with Crippen LogP contribution in [0.3, 0.4) is 0 Å². The van der Waals surface area contributed by atoms with E-state index < -0.39 is 11.7 Å². The molecule has 0 fully saturated rings. The molecule has 1 aromatic carbocycles. The molecule has 0 bridgehead atoms. The van der Waals surface area contributed by atoms with Crippen LogP contribution in [0.1, 0.15) is 20.8 Å². The molecule has 0 spiro atoms. The molecule has 0 aliphatic heterocycles. The Bertz CT molecular complexity index is 653. The summed E-state index contributed by atoms with van der Waals surface area (Å²) in [6.07, 6.45) is 0.895. The Morgan fingerprint density at radius 2 is 2.00 bits per heavy atom. The molecule has 1 N–H and O–H groups in total. The first kappa shape index (κ1) is 15.3. The van der Waals surface area contributed by atoms with Gasteiger partial charge in [0, 0.05) is 17.3 Å². The fourth-order valence-electron chi connectivity index (χ4n) is 1.67. The van der Waals surface area contributed by atoms with Crippen molar-refractivity contribution in [2.75, 3.05) is 5.32 Å². The van der Waals surface area contributed by atoms with Crippen molar-refractivity contribution in [2.24, 2.45) is 0 Å². The Labute approximate surface area is 128 Å². The summed E-state index contributed by atoms with van der Waals surface area (Å²) < 4.78 is 5.21. The standard InChI is InChI=1S/C15H16ClN3O2/c1-15(2,3)21-14(20)19-11-6-4-5-10(7-11)12-8-13(16)18-9-17-12/h4-9H,1-3H3,(H,19,20). The summed E-state index contributed by atoms with van der Waals surface area (Å²) in [4.78, 5) is 19.7. The van der Waals surface area contributed by atoms with E-state index in [4.69, 9.17) is 16.3 Å². The molecule has 0 saturated carbocycles. The molecule has 0 aliphatic rings. The normalized spacial score (nSPS) is 11.0. The average Bonchev–Trinajstić information content (AvgIpc) is 2.36. The van der Waals surface area contributed by atoms with Gasteiger partial charge in [0.05, 0.1) is 5.69 Å². The van der Waals surface area contributed by atoms with Gasteiger partial charge in [0.2, 0.25) is 0 Å². The Hall–Kier alpha value is -2.14. The summed E-state index contributed by atoms with van der Waals surface area (Å²) in [6.45, 7) is 5.43. The van der Waals surface area contributed by atoms with Crippen LogP contribution in [0.15, 0.2) is 36.7 Å². The average molecular weight is 306 g/mol. The van der Waals surface area contributed by atoms with Gasteiger partial charge in [-0.25, -0.2) is 14.8 Å². The minimum absolute atomic E-state index is 0.366. The van der Waals surface area contributed by atoms with Crippen LogP contribution >= 0.6 is 11.6 Å². The number of hydrogen-bond donors (Lipinski definition) is 1. The lowest BCUT2D eigenvalue weighted by Crippen LogP contribution is -2.27. The van der Waals surface area contributed by atoms with Crippen molar-refractivity contribution in [1.82, 2.24) is 9.97 Å². The molecule has 0 saturated heterocycles. The highest BCUT2D eigenvalue weighted by Crippen LogP contribution is 2.22. The summed E-state index contributed by atoms with van der Waals surface area (Å²) in [7, 11) is 0. The van der Waals surface area contributed by atoms with E-state index in [-0.39, 0.29) is 0 Å². The highest BCUT2D eigenvalue weighted by atomic mass is 35.5. The molecule has 0 atom stereocenters. The van der Waals surface area contributed by atoms with Crippen molar-refractivity contribution in [3.63, 3.8) is 0 Å². The van der Waals surface area contributed by atoms with Gasteiger partial charge in [-0.3, -0.25) is 5.32 Å². The molecule has 2 aromatic rings. The molecular formula is C15H16ClN3O2. The molecule has 5 nitrogen and oxygen atoms in total. The Balaban J connectivity index is 2.17. The smallest absolute Gasteiger partial charge is 0.412 e. The quantitative estimate of drug-likeness (QED) is 0.847. The molecular weight excluding hydrogens is 290 g/mol. The number of amides is 1. The molecule has 1 aromatic heterocycles. The lowest BCUT2D eigenvalue weighted by molar-refractivity contribution is 0.0636. The predicted octanol–water partition coefficient (Wildman–Crippen LogP) is 4.14. The number of hydrogen-bond acceptors (Lipinski definition) is 4. The number of ether oxygens (including phenoxy) is 1. The third kappa shape index (κ3) is 4.72. The van der Waals surface area contributed by atoms with Gasteiger partial charge in [-0.2, -0.15) is 0 Å². The first-order valence-corrected chi connectivity index (χ1v) is 6.79. The van der Waals surface area contributed by atoms with Crippen molar-refractivity contribution in [1.29, 1.82) is 0 Å². The van der Waals surface area contributed by atoms with Gasteiger partial charge in [0.25, 0.3) is 0 Å². The van der Waals surface area contributed by atoms with E-state index >= 15 is 0 Å². The van der Waals surface area contributed by atoms with Crippen LogP contribution in [-0.2, 0) is 4.74 Å². The highest BCUT2D eigenvalue weighted by Gasteiger charge is 2.16. The SMILES string of the molecule is CC(C)(C)OC(=O)Nc1cccc(-c2cc(Cl)ncn2)c1. The third-order valence-electron chi connectivity index (χ3n) is 2.44. The number of carbonyl (C=O) groups excluding carboxylic acids is 1. The van der Waals surface area contributed by atoms with Crippen LogP contribution < -0.4 is 5.32 Å². The summed E-state index contributed by atoms with van der Waals surface area (Å²) in [5, 5.41) is 3.05. The van der Waals surface area contributed by atoms with Crippen molar-refractivity contribution in [2.45, 2.75) is 26.4 Å². The maximum absolute atomic E-state index is 11.7. The maximum Gasteiger partial charge on any atom is 0.412 e. The number of carbonyl (C=O) groups is 1. The van der Waals surface area contributed by atoms with Crippen LogP contribution in [0, 0.1) is 0 Å². The van der Waals surface area contributed by atoms with E-state index in [9.17, 15) is 4.79 Å². The molecule has 1 amide bonds. The van der Waals surface area contributed by atoms with E-state index in [0.29, 0.717) is 16.5 Å². The molecule has 2 rings (SSSR count). The zero-order valence-corrected chi connectivity index (χ0v) is 12.8. The Morgan fingerprint density at radius 3 is 2.67 bits per heavy atom. The number of rotatable bonds is 2. The molecule has 1 heterocycles. The van der Waals surface area contributed by atoms with Crippen LogP contribution in [0.5, 0.6) is 0 Å². The molecule has 110 valence electrons. The zero-order chi connectivity index (χ0) is 15.5. The largest absolute Gasteiger partial charge is 0.444 e. The van der Waals surface area contributed by atoms with Gasteiger partial charge >= 0.3 is 6.09 Å². The zero-order valence-electron chi connectivity index (χ0n) is 12.1. The highest BCUT2D eigenvalue weighted by molar-refractivity contribution is 6.29. The number of anilines is 1. The molecule has 0 radical (unpaired) electrons. The summed E-state index contributed by atoms with van der Waals surface area (Å²) in [5.74, 6) is 0. The van der Waals surface area contributed by atoms with Gasteiger partial charge in [0.15, 0.2) is 0 Å². The fourth-order valence-corrected chi connectivity index (χ4v) is 1.82. The van der Waals surface area contributed by atoms with Gasteiger partial charge in [-0.05, 0) is 32.9 Å². The van der Waals surface area contributed by atoms with E-state index in [0.717, 1.165) is 5.56 Å². The maximum atomic E-state index is 11.7. The van der Waals surface area contributed by atoms with E-state index in [1.54, 1.807) is 18.2 Å². The lowest BCUT2D eigenvalue weighted by atomic mass is 10.1. The molecule has 6 heteroatoms. The number of nitrogens with zero attached hydrogens (tertiary/aromatic N) is 2. The topological polar surface area (TPSA) is 64.1 Å². The Kier molecular flexibility index (Phi) is 4.43. The first-order chi connectivity index (χ1) is 9.83. The molecule has 0 unspecified atom stereocenters. The van der Waals surface area contributed by atoms with Gasteiger partial charge in [-0.15, -0.1) is 0 Å². The second-order valence-electron chi connectivity index (χ2n) is 5.43. The van der Waals surface area contributed by atoms with Crippen LogP contribution in [0.2, 0.25) is 5.15 Å². The van der Waals surface area contributed by atoms with Crippen molar-refractivity contribution >= 4 is 23.4 Å². The monoisotopic (exact) mass is 305 g/mol. The predicted molar refractivity (Wildman–Crippen MR) is 82.3 cm³/mol. The van der Waals surface area contributed by atoms with E-state index in [1.807, 2.05) is 32.9 Å². The number of halogens is 1. The summed E-state index contributed by atoms with van der Waals surface area (Å²) in [6, 6.07) is 8.92. The van der Waals surface area contributed by atoms with Crippen molar-refractivity contribution < 1.29 is 9.53 Å². The van der Waals surface area contributed by atoms with Crippen LogP contribution in [-0.4, -0.2) is 21.7 Å². The van der Waals surface area contributed by atoms with Gasteiger partial charge in [-0.1, -0.05) is 23.7 Å². The first-order valence-electron chi connectivity index (χ1n) is 6.41. The minimum atomic E-state index is -0.540. The van der Waals surface area contributed by atoms with Crippen molar-refractivity contribution in [3.05, 3.63) is 41.8 Å².